The Balaban J connectivity index is 1.96. The Hall–Kier alpha value is -1.47. The van der Waals surface area contributed by atoms with E-state index in [1.54, 1.807) is 0 Å². The van der Waals surface area contributed by atoms with E-state index in [0.29, 0.717) is 23.4 Å². The fourth-order valence-corrected chi connectivity index (χ4v) is 3.95. The van der Waals surface area contributed by atoms with E-state index in [-0.39, 0.29) is 12.2 Å². The number of nitrogens with zero attached hydrogens (tertiary/aromatic N) is 3. The number of unbranched alkanes of at least 4 members (excludes halogenated alkanes) is 4. The third kappa shape index (κ3) is 6.55. The monoisotopic (exact) mass is 410 g/mol. The highest BCUT2D eigenvalue weighted by molar-refractivity contribution is 6.99. The third-order valence-electron chi connectivity index (χ3n) is 5.48. The van der Waals surface area contributed by atoms with Crippen LogP contribution >= 0.6 is 11.7 Å². The lowest BCUT2D eigenvalue weighted by atomic mass is 10.0. The lowest BCUT2D eigenvalue weighted by Crippen LogP contribution is -2.55. The van der Waals surface area contributed by atoms with Crippen molar-refractivity contribution in [2.75, 3.05) is 26.7 Å². The predicted octanol–water partition coefficient (Wildman–Crippen LogP) is 4.81. The number of hydrogen-bond donors (Lipinski definition) is 0. The van der Waals surface area contributed by atoms with Gasteiger partial charge in [0.25, 0.3) is 5.88 Å². The van der Waals surface area contributed by atoms with Gasteiger partial charge in [-0.2, -0.15) is 4.37 Å². The molecule has 1 unspecified atom stereocenters. The van der Waals surface area contributed by atoms with Crippen LogP contribution in [0.1, 0.15) is 77.8 Å². The Labute approximate surface area is 173 Å². The summed E-state index contributed by atoms with van der Waals surface area (Å²) in [5, 5.41) is 0. The molecule has 0 radical (unpaired) electrons. The van der Waals surface area contributed by atoms with Crippen molar-refractivity contribution in [1.82, 2.24) is 8.75 Å². The summed E-state index contributed by atoms with van der Waals surface area (Å²) in [6.07, 6.45) is 10.0. The average molecular weight is 411 g/mol. The minimum absolute atomic E-state index is 0.101. The number of esters is 1. The fourth-order valence-electron chi connectivity index (χ4n) is 3.41. The van der Waals surface area contributed by atoms with Gasteiger partial charge in [0.05, 0.1) is 31.9 Å². The maximum Gasteiger partial charge on any atom is 0.310 e. The Morgan fingerprint density at radius 2 is 2.00 bits per heavy atom. The molecule has 1 aliphatic rings. The van der Waals surface area contributed by atoms with E-state index in [1.165, 1.54) is 31.0 Å². The van der Waals surface area contributed by atoms with Gasteiger partial charge in [-0.15, -0.1) is 4.37 Å². The molecule has 0 N–H and O–H groups in total. The molecule has 2 atom stereocenters. The molecule has 28 heavy (non-hydrogen) atoms. The second-order valence-corrected chi connectivity index (χ2v) is 8.43. The summed E-state index contributed by atoms with van der Waals surface area (Å²) in [5.41, 5.74) is 2.00. The summed E-state index contributed by atoms with van der Waals surface area (Å²) >= 11 is 1.20. The molecule has 1 aromatic heterocycles. The zero-order valence-electron chi connectivity index (χ0n) is 17.9. The zero-order chi connectivity index (χ0) is 20.4. The Kier molecular flexibility index (Phi) is 9.38. The normalized spacial score (nSPS) is 20.5. The van der Waals surface area contributed by atoms with E-state index < -0.39 is 0 Å². The van der Waals surface area contributed by atoms with Crippen molar-refractivity contribution < 1.29 is 18.8 Å². The number of quaternary nitrogens is 1. The first kappa shape index (κ1) is 22.8. The van der Waals surface area contributed by atoms with Crippen molar-refractivity contribution in [2.45, 2.75) is 78.4 Å². The number of carbonyl (C=O) groups excluding carboxylic acids is 1. The Bertz CT molecular complexity index is 647. The van der Waals surface area contributed by atoms with Crippen LogP contribution in [0.25, 0.3) is 5.57 Å². The molecule has 7 heteroatoms. The molecule has 0 saturated heterocycles. The smallest absolute Gasteiger partial charge is 0.310 e. The molecule has 2 heterocycles. The summed E-state index contributed by atoms with van der Waals surface area (Å²) in [4.78, 5) is 12.1. The lowest BCUT2D eigenvalue weighted by Gasteiger charge is -2.41. The summed E-state index contributed by atoms with van der Waals surface area (Å²) in [7, 11) is 2.15. The maximum atomic E-state index is 12.1. The van der Waals surface area contributed by atoms with E-state index in [4.69, 9.17) is 9.47 Å². The molecule has 2 rings (SSSR count). The van der Waals surface area contributed by atoms with Crippen LogP contribution in [0.3, 0.4) is 0 Å². The maximum absolute atomic E-state index is 12.1. The molecule has 0 aliphatic carbocycles. The minimum Gasteiger partial charge on any atom is -0.475 e. The highest BCUT2D eigenvalue weighted by Crippen LogP contribution is 2.31. The molecule has 1 aromatic rings. The first-order valence-electron chi connectivity index (χ1n) is 10.7. The second kappa shape index (κ2) is 11.5. The molecule has 6 nitrogen and oxygen atoms in total. The van der Waals surface area contributed by atoms with Gasteiger partial charge in [0, 0.05) is 25.3 Å². The van der Waals surface area contributed by atoms with Gasteiger partial charge in [0.15, 0.2) is 0 Å². The summed E-state index contributed by atoms with van der Waals surface area (Å²) in [6, 6.07) is 0. The first-order valence-corrected chi connectivity index (χ1v) is 11.4. The van der Waals surface area contributed by atoms with Gasteiger partial charge in [-0.25, -0.2) is 0 Å². The van der Waals surface area contributed by atoms with E-state index in [1.807, 2.05) is 6.92 Å². The number of aromatic nitrogens is 2. The number of rotatable bonds is 12. The van der Waals surface area contributed by atoms with Crippen LogP contribution in [0.2, 0.25) is 0 Å². The summed E-state index contributed by atoms with van der Waals surface area (Å²) < 4.78 is 21.2. The van der Waals surface area contributed by atoms with E-state index in [9.17, 15) is 4.79 Å². The SMILES string of the molecule is CCCCCCOc1nsnc1C1=CCC[N+](C)([C@H](C)OC(=O)CCCC)C1. The molecular formula is C21H36N3O3S+. The predicted molar refractivity (Wildman–Crippen MR) is 113 cm³/mol. The van der Waals surface area contributed by atoms with Gasteiger partial charge in [-0.1, -0.05) is 45.6 Å². The van der Waals surface area contributed by atoms with Crippen LogP contribution in [-0.4, -0.2) is 52.2 Å². The third-order valence-corrected chi connectivity index (χ3v) is 5.99. The van der Waals surface area contributed by atoms with Crippen molar-refractivity contribution >= 4 is 23.3 Å². The molecule has 0 aromatic carbocycles. The molecule has 0 spiro atoms. The quantitative estimate of drug-likeness (QED) is 0.281. The second-order valence-electron chi connectivity index (χ2n) is 7.90. The first-order chi connectivity index (χ1) is 13.5. The van der Waals surface area contributed by atoms with Crippen LogP contribution in [0.15, 0.2) is 6.08 Å². The van der Waals surface area contributed by atoms with Gasteiger partial charge in [-0.05, 0) is 12.8 Å². The number of carbonyl (C=O) groups is 1. The average Bonchev–Trinajstić information content (AvgIpc) is 3.15. The van der Waals surface area contributed by atoms with Crippen LogP contribution in [-0.2, 0) is 9.53 Å². The topological polar surface area (TPSA) is 61.3 Å². The molecular weight excluding hydrogens is 374 g/mol. The number of hydrogen-bond acceptors (Lipinski definition) is 6. The Morgan fingerprint density at radius 1 is 1.21 bits per heavy atom. The standard InChI is InChI=1S/C21H36N3O3S/c1-5-7-9-10-15-26-21-20(22-28-23-21)18-12-11-14-24(4,16-18)17(3)27-19(25)13-8-6-2/h12,17H,5-11,13-16H2,1-4H3/q+1/t17-,24?/m0/s1. The molecule has 0 saturated carbocycles. The van der Waals surface area contributed by atoms with Crippen LogP contribution in [0, 0.1) is 0 Å². The van der Waals surface area contributed by atoms with Crippen molar-refractivity contribution in [2.24, 2.45) is 0 Å². The molecule has 0 amide bonds. The van der Waals surface area contributed by atoms with Crippen molar-refractivity contribution in [3.63, 3.8) is 0 Å². The van der Waals surface area contributed by atoms with Crippen molar-refractivity contribution in [3.8, 4) is 5.88 Å². The van der Waals surface area contributed by atoms with E-state index >= 15 is 0 Å². The number of ether oxygens (including phenoxy) is 2. The zero-order valence-corrected chi connectivity index (χ0v) is 18.7. The van der Waals surface area contributed by atoms with Gasteiger partial charge < -0.3 is 9.47 Å². The lowest BCUT2D eigenvalue weighted by molar-refractivity contribution is -0.944. The van der Waals surface area contributed by atoms with Gasteiger partial charge in [0.1, 0.15) is 12.2 Å². The summed E-state index contributed by atoms with van der Waals surface area (Å²) in [5.74, 6) is 0.546. The highest BCUT2D eigenvalue weighted by atomic mass is 32.1. The van der Waals surface area contributed by atoms with Crippen LogP contribution in [0.5, 0.6) is 5.88 Å². The highest BCUT2D eigenvalue weighted by Gasteiger charge is 2.36. The number of likely N-dealkylation sites (N-methyl/N-ethyl adjacent to an activating group) is 1. The molecule has 0 fully saturated rings. The van der Waals surface area contributed by atoms with E-state index in [2.05, 4.69) is 35.7 Å². The van der Waals surface area contributed by atoms with Gasteiger partial charge in [0.2, 0.25) is 6.23 Å². The molecule has 1 aliphatic heterocycles. The van der Waals surface area contributed by atoms with E-state index in [0.717, 1.165) is 50.0 Å². The molecule has 0 bridgehead atoms. The van der Waals surface area contributed by atoms with Crippen molar-refractivity contribution in [3.05, 3.63) is 11.8 Å². The van der Waals surface area contributed by atoms with Crippen molar-refractivity contribution in [1.29, 1.82) is 0 Å². The fraction of sp³-hybridized carbons (Fsp3) is 0.762. The minimum atomic E-state index is -0.182. The van der Waals surface area contributed by atoms with Gasteiger partial charge in [-0.3, -0.25) is 9.28 Å². The summed E-state index contributed by atoms with van der Waals surface area (Å²) in [6.45, 7) is 8.67. The van der Waals surface area contributed by atoms with Crippen LogP contribution in [0.4, 0.5) is 0 Å². The molecule has 158 valence electrons. The van der Waals surface area contributed by atoms with Gasteiger partial charge >= 0.3 is 5.97 Å². The largest absolute Gasteiger partial charge is 0.475 e. The van der Waals surface area contributed by atoms with Crippen LogP contribution < -0.4 is 4.74 Å². The Morgan fingerprint density at radius 3 is 2.75 bits per heavy atom.